The van der Waals surface area contributed by atoms with Crippen molar-refractivity contribution in [3.05, 3.63) is 34.3 Å². The lowest BCUT2D eigenvalue weighted by Crippen LogP contribution is -2.40. The molecule has 0 saturated heterocycles. The first-order valence-corrected chi connectivity index (χ1v) is 6.28. The van der Waals surface area contributed by atoms with Gasteiger partial charge in [0, 0.05) is 16.4 Å². The van der Waals surface area contributed by atoms with Crippen molar-refractivity contribution in [1.82, 2.24) is 5.32 Å². The van der Waals surface area contributed by atoms with E-state index in [0.29, 0.717) is 6.54 Å². The second-order valence-corrected chi connectivity index (χ2v) is 5.48. The number of carbonyl (C=O) groups is 2. The molecular weight excluding hydrogens is 298 g/mol. The number of halogens is 1. The van der Waals surface area contributed by atoms with Crippen molar-refractivity contribution in [2.45, 2.75) is 19.3 Å². The Morgan fingerprint density at radius 1 is 1.39 bits per heavy atom. The van der Waals surface area contributed by atoms with Crippen molar-refractivity contribution in [3.8, 4) is 0 Å². The Labute approximate surface area is 115 Å². The highest BCUT2D eigenvalue weighted by atomic mass is 79.9. The Bertz CT molecular complexity index is 457. The van der Waals surface area contributed by atoms with E-state index in [1.54, 1.807) is 0 Å². The third-order valence-electron chi connectivity index (χ3n) is 2.67. The molecule has 1 N–H and O–H groups in total. The van der Waals surface area contributed by atoms with E-state index in [4.69, 9.17) is 0 Å². The van der Waals surface area contributed by atoms with Gasteiger partial charge in [-0.05, 0) is 17.7 Å². The summed E-state index contributed by atoms with van der Waals surface area (Å²) < 4.78 is 5.32. The minimum Gasteiger partial charge on any atom is -0.462 e. The molecule has 1 amide bonds. The van der Waals surface area contributed by atoms with Gasteiger partial charge in [-0.3, -0.25) is 4.79 Å². The molecular formula is C13H16BrNO3. The van der Waals surface area contributed by atoms with Crippen LogP contribution in [-0.2, 0) is 19.7 Å². The molecule has 18 heavy (non-hydrogen) atoms. The average molecular weight is 314 g/mol. The Hall–Kier alpha value is -1.36. The maximum Gasteiger partial charge on any atom is 0.396 e. The first kappa shape index (κ1) is 14.7. The van der Waals surface area contributed by atoms with E-state index < -0.39 is 11.9 Å². The highest BCUT2D eigenvalue weighted by molar-refractivity contribution is 9.10. The fourth-order valence-corrected chi connectivity index (χ4v) is 1.88. The smallest absolute Gasteiger partial charge is 0.396 e. The highest BCUT2D eigenvalue weighted by Crippen LogP contribution is 2.24. The van der Waals surface area contributed by atoms with E-state index in [2.05, 4.69) is 26.0 Å². The fourth-order valence-electron chi connectivity index (χ4n) is 1.48. The van der Waals surface area contributed by atoms with Gasteiger partial charge in [0.15, 0.2) is 0 Å². The minimum absolute atomic E-state index is 0.270. The van der Waals surface area contributed by atoms with Crippen LogP contribution in [0.3, 0.4) is 0 Å². The molecule has 0 heterocycles. The Balaban J connectivity index is 2.71. The van der Waals surface area contributed by atoms with Crippen LogP contribution in [0.25, 0.3) is 0 Å². The van der Waals surface area contributed by atoms with Gasteiger partial charge in [-0.1, -0.05) is 41.9 Å². The minimum atomic E-state index is -0.875. The predicted molar refractivity (Wildman–Crippen MR) is 72.2 cm³/mol. The van der Waals surface area contributed by atoms with E-state index in [-0.39, 0.29) is 5.41 Å². The van der Waals surface area contributed by atoms with E-state index in [1.165, 1.54) is 7.11 Å². The number of amides is 1. The van der Waals surface area contributed by atoms with Crippen LogP contribution in [0.1, 0.15) is 19.4 Å². The number of methoxy groups -OCH3 is 1. The number of carbonyl (C=O) groups excluding carboxylic acids is 2. The van der Waals surface area contributed by atoms with Crippen molar-refractivity contribution in [2.24, 2.45) is 0 Å². The topological polar surface area (TPSA) is 55.4 Å². The van der Waals surface area contributed by atoms with Gasteiger partial charge in [-0.25, -0.2) is 4.79 Å². The SMILES string of the molecule is COC(=O)C(=O)NCC(C)(C)c1cccc(Br)c1. The molecule has 0 spiro atoms. The van der Waals surface area contributed by atoms with Gasteiger partial charge in [-0.15, -0.1) is 0 Å². The zero-order valence-electron chi connectivity index (χ0n) is 10.6. The van der Waals surface area contributed by atoms with Crippen molar-refractivity contribution in [1.29, 1.82) is 0 Å². The van der Waals surface area contributed by atoms with Gasteiger partial charge in [-0.2, -0.15) is 0 Å². The van der Waals surface area contributed by atoms with Gasteiger partial charge >= 0.3 is 11.9 Å². The molecule has 5 heteroatoms. The van der Waals surface area contributed by atoms with Crippen LogP contribution in [0, 0.1) is 0 Å². The molecule has 0 saturated carbocycles. The lowest BCUT2D eigenvalue weighted by atomic mass is 9.84. The summed E-state index contributed by atoms with van der Waals surface area (Å²) in [4.78, 5) is 22.3. The Morgan fingerprint density at radius 3 is 2.61 bits per heavy atom. The number of hydrogen-bond acceptors (Lipinski definition) is 3. The molecule has 0 fully saturated rings. The lowest BCUT2D eigenvalue weighted by Gasteiger charge is -2.25. The molecule has 1 aromatic rings. The second kappa shape index (κ2) is 6.00. The molecule has 0 radical (unpaired) electrons. The van der Waals surface area contributed by atoms with Crippen LogP contribution >= 0.6 is 15.9 Å². The van der Waals surface area contributed by atoms with Gasteiger partial charge in [0.2, 0.25) is 0 Å². The van der Waals surface area contributed by atoms with Gasteiger partial charge in [0.05, 0.1) is 7.11 Å². The van der Waals surface area contributed by atoms with Crippen LogP contribution < -0.4 is 5.32 Å². The summed E-state index contributed by atoms with van der Waals surface area (Å²) in [6.07, 6.45) is 0. The summed E-state index contributed by atoms with van der Waals surface area (Å²) in [6, 6.07) is 7.84. The second-order valence-electron chi connectivity index (χ2n) is 4.57. The van der Waals surface area contributed by atoms with Crippen molar-refractivity contribution in [2.75, 3.05) is 13.7 Å². The average Bonchev–Trinajstić information content (AvgIpc) is 2.35. The normalized spacial score (nSPS) is 10.9. The first-order chi connectivity index (χ1) is 8.36. The molecule has 0 aliphatic rings. The number of nitrogens with one attached hydrogen (secondary N) is 1. The van der Waals surface area contributed by atoms with Crippen LogP contribution in [0.4, 0.5) is 0 Å². The van der Waals surface area contributed by atoms with E-state index in [0.717, 1.165) is 10.0 Å². The maximum absolute atomic E-state index is 11.3. The monoisotopic (exact) mass is 313 g/mol. The van der Waals surface area contributed by atoms with Crippen molar-refractivity contribution in [3.63, 3.8) is 0 Å². The fraction of sp³-hybridized carbons (Fsp3) is 0.385. The zero-order chi connectivity index (χ0) is 13.8. The quantitative estimate of drug-likeness (QED) is 0.686. The van der Waals surface area contributed by atoms with Crippen LogP contribution in [0.15, 0.2) is 28.7 Å². The van der Waals surface area contributed by atoms with Gasteiger partial charge in [0.1, 0.15) is 0 Å². The summed E-state index contributed by atoms with van der Waals surface area (Å²) in [7, 11) is 1.18. The van der Waals surface area contributed by atoms with Gasteiger partial charge in [0.25, 0.3) is 0 Å². The highest BCUT2D eigenvalue weighted by Gasteiger charge is 2.23. The Kier molecular flexibility index (Phi) is 4.90. The maximum atomic E-state index is 11.3. The molecule has 98 valence electrons. The standard InChI is InChI=1S/C13H16BrNO3/c1-13(2,8-15-11(16)12(17)18-3)9-5-4-6-10(14)7-9/h4-7H,8H2,1-3H3,(H,15,16). The van der Waals surface area contributed by atoms with Crippen molar-refractivity contribution >= 4 is 27.8 Å². The summed E-state index contributed by atoms with van der Waals surface area (Å²) in [5.74, 6) is -1.60. The molecule has 0 aliphatic heterocycles. The van der Waals surface area contributed by atoms with Crippen molar-refractivity contribution < 1.29 is 14.3 Å². The number of ether oxygens (including phenoxy) is 1. The summed E-state index contributed by atoms with van der Waals surface area (Å²) >= 11 is 3.41. The third kappa shape index (κ3) is 3.84. The first-order valence-electron chi connectivity index (χ1n) is 5.49. The number of benzene rings is 1. The molecule has 0 unspecified atom stereocenters. The predicted octanol–water partition coefficient (Wildman–Crippen LogP) is 2.02. The lowest BCUT2D eigenvalue weighted by molar-refractivity contribution is -0.152. The molecule has 4 nitrogen and oxygen atoms in total. The molecule has 1 aromatic carbocycles. The van der Waals surface area contributed by atoms with Crippen LogP contribution in [-0.4, -0.2) is 25.5 Å². The Morgan fingerprint density at radius 2 is 2.06 bits per heavy atom. The molecule has 0 bridgehead atoms. The zero-order valence-corrected chi connectivity index (χ0v) is 12.2. The van der Waals surface area contributed by atoms with E-state index in [9.17, 15) is 9.59 Å². The van der Waals surface area contributed by atoms with E-state index in [1.807, 2.05) is 38.1 Å². The van der Waals surface area contributed by atoms with Crippen LogP contribution in [0.5, 0.6) is 0 Å². The summed E-state index contributed by atoms with van der Waals surface area (Å²) in [6.45, 7) is 4.34. The number of esters is 1. The number of rotatable bonds is 3. The number of hydrogen-bond donors (Lipinski definition) is 1. The van der Waals surface area contributed by atoms with E-state index >= 15 is 0 Å². The molecule has 1 rings (SSSR count). The van der Waals surface area contributed by atoms with Gasteiger partial charge < -0.3 is 10.1 Å². The van der Waals surface area contributed by atoms with Crippen LogP contribution in [0.2, 0.25) is 0 Å². The molecule has 0 atom stereocenters. The summed E-state index contributed by atoms with van der Waals surface area (Å²) in [5.41, 5.74) is 0.801. The molecule has 0 aliphatic carbocycles. The largest absolute Gasteiger partial charge is 0.462 e. The summed E-state index contributed by atoms with van der Waals surface area (Å²) in [5, 5.41) is 2.56. The third-order valence-corrected chi connectivity index (χ3v) is 3.16. The molecule has 0 aromatic heterocycles.